The third-order valence-corrected chi connectivity index (χ3v) is 2.22. The average molecular weight is 212 g/mol. The van der Waals surface area contributed by atoms with Crippen molar-refractivity contribution < 1.29 is 5.11 Å². The number of rotatable bonds is 3. The molecule has 0 saturated carbocycles. The fourth-order valence-corrected chi connectivity index (χ4v) is 1.42. The van der Waals surface area contributed by atoms with Gasteiger partial charge < -0.3 is 5.11 Å². The van der Waals surface area contributed by atoms with Gasteiger partial charge in [0, 0.05) is 18.0 Å². The van der Waals surface area contributed by atoms with Crippen LogP contribution in [0.25, 0.3) is 17.2 Å². The van der Waals surface area contributed by atoms with Gasteiger partial charge >= 0.3 is 0 Å². The first kappa shape index (κ1) is 10.5. The van der Waals surface area contributed by atoms with Crippen molar-refractivity contribution in [2.75, 3.05) is 6.61 Å². The smallest absolute Gasteiger partial charge is 0.115 e. The van der Waals surface area contributed by atoms with Crippen molar-refractivity contribution in [3.63, 3.8) is 0 Å². The molecule has 2 rings (SSSR count). The molecule has 0 aliphatic rings. The molecule has 3 heteroatoms. The van der Waals surface area contributed by atoms with Crippen molar-refractivity contribution >= 4 is 6.08 Å². The standard InChI is InChI=1S/C13H12N2O/c16-7-1-2-11-3-5-12(6-4-11)13-8-14-10-15-9-13/h1-6,8-10,16H,7H2/b2-1+. The number of nitrogens with zero attached hydrogens (tertiary/aromatic N) is 2. The van der Waals surface area contributed by atoms with E-state index in [1.54, 1.807) is 18.5 Å². The minimum atomic E-state index is 0.0638. The van der Waals surface area contributed by atoms with Gasteiger partial charge in [-0.1, -0.05) is 36.4 Å². The average Bonchev–Trinajstić information content (AvgIpc) is 2.38. The summed E-state index contributed by atoms with van der Waals surface area (Å²) in [5.74, 6) is 0. The van der Waals surface area contributed by atoms with Crippen molar-refractivity contribution in [3.05, 3.63) is 54.6 Å². The van der Waals surface area contributed by atoms with Gasteiger partial charge in [-0.2, -0.15) is 0 Å². The molecule has 0 aliphatic heterocycles. The Morgan fingerprint density at radius 2 is 1.69 bits per heavy atom. The Labute approximate surface area is 94.1 Å². The molecule has 0 spiro atoms. The maximum atomic E-state index is 8.66. The number of aliphatic hydroxyl groups is 1. The van der Waals surface area contributed by atoms with Gasteiger partial charge in [0.05, 0.1) is 6.61 Å². The third-order valence-electron chi connectivity index (χ3n) is 2.22. The maximum Gasteiger partial charge on any atom is 0.115 e. The number of benzene rings is 1. The number of hydrogen-bond acceptors (Lipinski definition) is 3. The van der Waals surface area contributed by atoms with Crippen molar-refractivity contribution in [2.24, 2.45) is 0 Å². The molecule has 1 N–H and O–H groups in total. The topological polar surface area (TPSA) is 46.0 Å². The predicted octanol–water partition coefficient (Wildman–Crippen LogP) is 2.15. The lowest BCUT2D eigenvalue weighted by Gasteiger charge is -2.00. The van der Waals surface area contributed by atoms with E-state index in [0.29, 0.717) is 0 Å². The summed E-state index contributed by atoms with van der Waals surface area (Å²) >= 11 is 0. The molecular weight excluding hydrogens is 200 g/mol. The van der Waals surface area contributed by atoms with Gasteiger partial charge in [0.25, 0.3) is 0 Å². The third kappa shape index (κ3) is 2.52. The molecule has 0 bridgehead atoms. The summed E-state index contributed by atoms with van der Waals surface area (Å²) in [5.41, 5.74) is 3.15. The first-order chi connectivity index (χ1) is 7.90. The molecule has 0 fully saturated rings. The van der Waals surface area contributed by atoms with Gasteiger partial charge in [-0.05, 0) is 11.1 Å². The van der Waals surface area contributed by atoms with Crippen LogP contribution in [0, 0.1) is 0 Å². The van der Waals surface area contributed by atoms with Gasteiger partial charge in [0.2, 0.25) is 0 Å². The largest absolute Gasteiger partial charge is 0.392 e. The molecule has 2 aromatic rings. The Bertz CT molecular complexity index is 463. The predicted molar refractivity (Wildman–Crippen MR) is 63.6 cm³/mol. The van der Waals surface area contributed by atoms with Crippen LogP contribution in [0.5, 0.6) is 0 Å². The van der Waals surface area contributed by atoms with Crippen LogP contribution in [0.4, 0.5) is 0 Å². The summed E-state index contributed by atoms with van der Waals surface area (Å²) in [7, 11) is 0. The van der Waals surface area contributed by atoms with E-state index in [-0.39, 0.29) is 6.61 Å². The van der Waals surface area contributed by atoms with Crippen LogP contribution in [-0.4, -0.2) is 21.7 Å². The van der Waals surface area contributed by atoms with Crippen molar-refractivity contribution in [1.82, 2.24) is 9.97 Å². The number of hydrogen-bond donors (Lipinski definition) is 1. The molecule has 1 aromatic heterocycles. The number of aromatic nitrogens is 2. The summed E-state index contributed by atoms with van der Waals surface area (Å²) in [6.07, 6.45) is 8.67. The van der Waals surface area contributed by atoms with Gasteiger partial charge in [0.15, 0.2) is 0 Å². The highest BCUT2D eigenvalue weighted by atomic mass is 16.2. The van der Waals surface area contributed by atoms with E-state index in [1.807, 2.05) is 30.3 Å². The lowest BCUT2D eigenvalue weighted by atomic mass is 10.1. The van der Waals surface area contributed by atoms with E-state index in [0.717, 1.165) is 16.7 Å². The molecule has 0 saturated heterocycles. The highest BCUT2D eigenvalue weighted by Crippen LogP contribution is 2.17. The summed E-state index contributed by atoms with van der Waals surface area (Å²) in [4.78, 5) is 7.95. The highest BCUT2D eigenvalue weighted by molar-refractivity contribution is 5.64. The molecule has 1 heterocycles. The van der Waals surface area contributed by atoms with Crippen molar-refractivity contribution in [2.45, 2.75) is 0 Å². The Hall–Kier alpha value is -2.00. The SMILES string of the molecule is OC/C=C/c1ccc(-c2cncnc2)cc1. The Morgan fingerprint density at radius 3 is 2.31 bits per heavy atom. The zero-order valence-corrected chi connectivity index (χ0v) is 8.74. The van der Waals surface area contributed by atoms with E-state index in [9.17, 15) is 0 Å². The molecule has 80 valence electrons. The zero-order chi connectivity index (χ0) is 11.2. The molecule has 0 radical (unpaired) electrons. The molecule has 0 unspecified atom stereocenters. The quantitative estimate of drug-likeness (QED) is 0.847. The highest BCUT2D eigenvalue weighted by Gasteiger charge is 1.96. The zero-order valence-electron chi connectivity index (χ0n) is 8.74. The summed E-state index contributed by atoms with van der Waals surface area (Å²) < 4.78 is 0. The number of aliphatic hydroxyl groups excluding tert-OH is 1. The maximum absolute atomic E-state index is 8.66. The monoisotopic (exact) mass is 212 g/mol. The van der Waals surface area contributed by atoms with Crippen LogP contribution in [0.3, 0.4) is 0 Å². The molecule has 3 nitrogen and oxygen atoms in total. The Balaban J connectivity index is 2.23. The minimum absolute atomic E-state index is 0.0638. The van der Waals surface area contributed by atoms with Crippen LogP contribution < -0.4 is 0 Å². The first-order valence-electron chi connectivity index (χ1n) is 5.03. The van der Waals surface area contributed by atoms with E-state index in [1.165, 1.54) is 6.33 Å². The molecule has 16 heavy (non-hydrogen) atoms. The van der Waals surface area contributed by atoms with Crippen LogP contribution >= 0.6 is 0 Å². The normalized spacial score (nSPS) is 10.8. The Kier molecular flexibility index (Phi) is 3.41. The lowest BCUT2D eigenvalue weighted by molar-refractivity contribution is 0.343. The van der Waals surface area contributed by atoms with E-state index < -0.39 is 0 Å². The molecule has 0 atom stereocenters. The van der Waals surface area contributed by atoms with Gasteiger partial charge in [-0.15, -0.1) is 0 Å². The second kappa shape index (κ2) is 5.19. The second-order valence-electron chi connectivity index (χ2n) is 3.33. The van der Waals surface area contributed by atoms with Crippen LogP contribution in [0.1, 0.15) is 5.56 Å². The van der Waals surface area contributed by atoms with E-state index in [2.05, 4.69) is 9.97 Å². The molecule has 0 amide bonds. The fourth-order valence-electron chi connectivity index (χ4n) is 1.42. The molecule has 1 aromatic carbocycles. The van der Waals surface area contributed by atoms with Gasteiger partial charge in [-0.3, -0.25) is 0 Å². The van der Waals surface area contributed by atoms with Crippen molar-refractivity contribution in [1.29, 1.82) is 0 Å². The van der Waals surface area contributed by atoms with E-state index >= 15 is 0 Å². The Morgan fingerprint density at radius 1 is 1.00 bits per heavy atom. The summed E-state index contributed by atoms with van der Waals surface area (Å²) in [5, 5.41) is 8.66. The lowest BCUT2D eigenvalue weighted by Crippen LogP contribution is -1.82. The summed E-state index contributed by atoms with van der Waals surface area (Å²) in [6.45, 7) is 0.0638. The fraction of sp³-hybridized carbons (Fsp3) is 0.0769. The van der Waals surface area contributed by atoms with Crippen LogP contribution in [0.15, 0.2) is 49.1 Å². The van der Waals surface area contributed by atoms with E-state index in [4.69, 9.17) is 5.11 Å². The summed E-state index contributed by atoms with van der Waals surface area (Å²) in [6, 6.07) is 8.01. The second-order valence-corrected chi connectivity index (χ2v) is 3.33. The van der Waals surface area contributed by atoms with Gasteiger partial charge in [-0.25, -0.2) is 9.97 Å². The van der Waals surface area contributed by atoms with Crippen molar-refractivity contribution in [3.8, 4) is 11.1 Å². The molecule has 0 aliphatic carbocycles. The molecular formula is C13H12N2O. The van der Waals surface area contributed by atoms with Gasteiger partial charge in [0.1, 0.15) is 6.33 Å². The minimum Gasteiger partial charge on any atom is -0.392 e. The first-order valence-corrected chi connectivity index (χ1v) is 5.03. The van der Waals surface area contributed by atoms with Crippen LogP contribution in [-0.2, 0) is 0 Å². The van der Waals surface area contributed by atoms with Crippen LogP contribution in [0.2, 0.25) is 0 Å².